The van der Waals surface area contributed by atoms with Crippen molar-refractivity contribution in [1.82, 2.24) is 10.3 Å². The van der Waals surface area contributed by atoms with Gasteiger partial charge in [-0.15, -0.1) is 0 Å². The number of rotatable bonds is 9. The van der Waals surface area contributed by atoms with Gasteiger partial charge in [-0.05, 0) is 94.5 Å². The third-order valence-corrected chi connectivity index (χ3v) is 7.91. The summed E-state index contributed by atoms with van der Waals surface area (Å²) in [6, 6.07) is 5.72. The van der Waals surface area contributed by atoms with Gasteiger partial charge in [0.25, 0.3) is 11.5 Å². The van der Waals surface area contributed by atoms with Crippen LogP contribution in [0.25, 0.3) is 0 Å². The molecule has 198 valence electrons. The van der Waals surface area contributed by atoms with Crippen molar-refractivity contribution in [2.45, 2.75) is 85.7 Å². The van der Waals surface area contributed by atoms with Crippen molar-refractivity contribution >= 4 is 23.2 Å². The number of alkyl halides is 2. The topological polar surface area (TPSA) is 65.2 Å². The quantitative estimate of drug-likeness (QED) is 0.392. The molecule has 1 aliphatic rings. The molecule has 0 radical (unpaired) electrons. The van der Waals surface area contributed by atoms with Crippen LogP contribution in [0.1, 0.15) is 78.7 Å². The average molecular weight is 522 g/mol. The highest BCUT2D eigenvalue weighted by molar-refractivity contribution is 6.31. The number of pyridine rings is 1. The summed E-state index contributed by atoms with van der Waals surface area (Å²) >= 11 is 6.47. The Morgan fingerprint density at radius 2 is 1.83 bits per heavy atom. The zero-order valence-electron chi connectivity index (χ0n) is 21.9. The molecule has 1 unspecified atom stereocenters. The number of halogens is 3. The Hall–Kier alpha value is -2.41. The van der Waals surface area contributed by atoms with Crippen LogP contribution in [0.3, 0.4) is 0 Å². The Kier molecular flexibility index (Phi) is 9.56. The Bertz CT molecular complexity index is 1130. The molecule has 1 atom stereocenters. The summed E-state index contributed by atoms with van der Waals surface area (Å²) in [4.78, 5) is 30.6. The number of benzene rings is 1. The lowest BCUT2D eigenvalue weighted by Crippen LogP contribution is -2.39. The average Bonchev–Trinajstić information content (AvgIpc) is 2.80. The molecule has 0 aliphatic heterocycles. The molecule has 1 aromatic heterocycles. The number of hydrogen-bond acceptors (Lipinski definition) is 3. The van der Waals surface area contributed by atoms with Gasteiger partial charge in [-0.2, -0.15) is 0 Å². The first-order valence-corrected chi connectivity index (χ1v) is 13.2. The van der Waals surface area contributed by atoms with Gasteiger partial charge in [0.2, 0.25) is 6.43 Å². The summed E-state index contributed by atoms with van der Waals surface area (Å²) in [6.45, 7) is 10.5. The molecule has 36 heavy (non-hydrogen) atoms. The number of aromatic nitrogens is 1. The number of anilines is 1. The maximum absolute atomic E-state index is 13.2. The predicted octanol–water partition coefficient (Wildman–Crippen LogP) is 6.56. The Morgan fingerprint density at radius 3 is 2.42 bits per heavy atom. The molecule has 1 aliphatic carbocycles. The maximum atomic E-state index is 13.2. The third-order valence-electron chi connectivity index (χ3n) is 7.70. The monoisotopic (exact) mass is 521 g/mol. The van der Waals surface area contributed by atoms with E-state index in [4.69, 9.17) is 11.6 Å². The number of carbonyl (C=O) groups is 1. The van der Waals surface area contributed by atoms with E-state index in [9.17, 15) is 18.4 Å². The first-order chi connectivity index (χ1) is 17.0. The van der Waals surface area contributed by atoms with Gasteiger partial charge in [0, 0.05) is 53.1 Å². The number of aromatic amines is 1. The summed E-state index contributed by atoms with van der Waals surface area (Å²) in [5, 5.41) is 3.36. The lowest BCUT2D eigenvalue weighted by Gasteiger charge is -2.40. The van der Waals surface area contributed by atoms with E-state index in [1.807, 2.05) is 39.8 Å². The minimum absolute atomic E-state index is 0.0219. The van der Waals surface area contributed by atoms with Crippen molar-refractivity contribution in [2.24, 2.45) is 11.8 Å². The summed E-state index contributed by atoms with van der Waals surface area (Å²) in [7, 11) is 0. The summed E-state index contributed by atoms with van der Waals surface area (Å²) in [6.07, 6.45) is 1.41. The van der Waals surface area contributed by atoms with E-state index in [2.05, 4.69) is 22.1 Å². The first kappa shape index (κ1) is 28.2. The van der Waals surface area contributed by atoms with Gasteiger partial charge in [0.05, 0.1) is 0 Å². The molecule has 1 fully saturated rings. The summed E-state index contributed by atoms with van der Waals surface area (Å²) in [5.74, 6) is 0.0639. The molecule has 5 nitrogen and oxygen atoms in total. The molecular formula is C28H38ClF2N3O2. The highest BCUT2D eigenvalue weighted by Crippen LogP contribution is 2.38. The zero-order chi connectivity index (χ0) is 26.6. The van der Waals surface area contributed by atoms with Crippen molar-refractivity contribution in [3.8, 4) is 0 Å². The minimum Gasteiger partial charge on any atom is -0.369 e. The van der Waals surface area contributed by atoms with Gasteiger partial charge in [-0.25, -0.2) is 8.78 Å². The van der Waals surface area contributed by atoms with E-state index in [0.29, 0.717) is 22.1 Å². The Labute approximate surface area is 217 Å². The molecule has 8 heteroatoms. The largest absolute Gasteiger partial charge is 0.369 e. The highest BCUT2D eigenvalue weighted by Gasteiger charge is 2.30. The number of H-pyrrole nitrogens is 1. The lowest BCUT2D eigenvalue weighted by molar-refractivity contribution is 0.0927. The van der Waals surface area contributed by atoms with Crippen LogP contribution >= 0.6 is 11.6 Å². The molecule has 2 N–H and O–H groups in total. The van der Waals surface area contributed by atoms with Gasteiger partial charge in [-0.1, -0.05) is 18.5 Å². The summed E-state index contributed by atoms with van der Waals surface area (Å²) in [5.41, 5.74) is 4.17. The number of amides is 1. The van der Waals surface area contributed by atoms with Crippen LogP contribution < -0.4 is 15.8 Å². The van der Waals surface area contributed by atoms with Crippen molar-refractivity contribution in [2.75, 3.05) is 11.4 Å². The number of nitrogens with one attached hydrogen (secondary N) is 2. The molecule has 0 spiro atoms. The standard InChI is InChI=1S/C28H38ClF2N3O2/c1-6-34(22-9-7-20(8-10-22)16(2)12-26(30)31)25-14-21(29)13-23(19(25)5)27(35)32-15-24-17(3)11-18(4)33-28(24)36/h11,13-14,16,20,22,26H,6-10,12,15H2,1-5H3,(H,32,35)(H,33,36). The van der Waals surface area contributed by atoms with E-state index < -0.39 is 6.43 Å². The smallest absolute Gasteiger partial charge is 0.253 e. The molecule has 1 amide bonds. The van der Waals surface area contributed by atoms with Crippen LogP contribution in [0.5, 0.6) is 0 Å². The van der Waals surface area contributed by atoms with Crippen LogP contribution in [0.2, 0.25) is 5.02 Å². The van der Waals surface area contributed by atoms with Crippen LogP contribution in [0.15, 0.2) is 23.0 Å². The molecule has 1 heterocycles. The normalized spacial score (nSPS) is 18.8. The van der Waals surface area contributed by atoms with Gasteiger partial charge in [0.15, 0.2) is 0 Å². The van der Waals surface area contributed by atoms with Gasteiger partial charge >= 0.3 is 0 Å². The SMILES string of the molecule is CCN(c1cc(Cl)cc(C(=O)NCc2c(C)cc(C)[nH]c2=O)c1C)C1CCC(C(C)CC(F)F)CC1. The van der Waals surface area contributed by atoms with Gasteiger partial charge in [0.1, 0.15) is 0 Å². The number of hydrogen-bond donors (Lipinski definition) is 2. The van der Waals surface area contributed by atoms with E-state index >= 15 is 0 Å². The molecule has 1 aromatic carbocycles. The van der Waals surface area contributed by atoms with Crippen molar-refractivity contribution in [1.29, 1.82) is 0 Å². The Balaban J connectivity index is 1.76. The highest BCUT2D eigenvalue weighted by atomic mass is 35.5. The lowest BCUT2D eigenvalue weighted by atomic mass is 9.77. The Morgan fingerprint density at radius 1 is 1.17 bits per heavy atom. The predicted molar refractivity (Wildman–Crippen MR) is 142 cm³/mol. The number of nitrogens with zero attached hydrogens (tertiary/aromatic N) is 1. The fourth-order valence-corrected chi connectivity index (χ4v) is 5.86. The van der Waals surface area contributed by atoms with Crippen LogP contribution in [0, 0.1) is 32.6 Å². The molecule has 0 saturated heterocycles. The molecule has 3 rings (SSSR count). The van der Waals surface area contributed by atoms with Gasteiger partial charge < -0.3 is 15.2 Å². The van der Waals surface area contributed by atoms with Crippen LogP contribution in [-0.2, 0) is 6.54 Å². The number of carbonyl (C=O) groups excluding carboxylic acids is 1. The molecule has 2 aromatic rings. The van der Waals surface area contributed by atoms with E-state index in [1.54, 1.807) is 6.07 Å². The van der Waals surface area contributed by atoms with Crippen molar-refractivity contribution in [3.63, 3.8) is 0 Å². The van der Waals surface area contributed by atoms with Crippen LogP contribution in [-0.4, -0.2) is 29.9 Å². The second kappa shape index (κ2) is 12.2. The fourth-order valence-electron chi connectivity index (χ4n) is 5.65. The second-order valence-electron chi connectivity index (χ2n) is 10.2. The molecule has 0 bridgehead atoms. The van der Waals surface area contributed by atoms with E-state index in [1.165, 1.54) is 0 Å². The third kappa shape index (κ3) is 6.67. The van der Waals surface area contributed by atoms with E-state index in [-0.39, 0.29) is 36.4 Å². The fraction of sp³-hybridized carbons (Fsp3) is 0.571. The maximum Gasteiger partial charge on any atom is 0.253 e. The molecule has 1 saturated carbocycles. The minimum atomic E-state index is -2.25. The van der Waals surface area contributed by atoms with Crippen LogP contribution in [0.4, 0.5) is 14.5 Å². The van der Waals surface area contributed by atoms with Gasteiger partial charge in [-0.3, -0.25) is 9.59 Å². The van der Waals surface area contributed by atoms with E-state index in [0.717, 1.165) is 54.7 Å². The molecular weight excluding hydrogens is 484 g/mol. The number of aryl methyl sites for hydroxylation is 2. The summed E-state index contributed by atoms with van der Waals surface area (Å²) < 4.78 is 25.7. The van der Waals surface area contributed by atoms with Crippen molar-refractivity contribution in [3.05, 3.63) is 61.5 Å². The van der Waals surface area contributed by atoms with Crippen molar-refractivity contribution < 1.29 is 13.6 Å². The second-order valence-corrected chi connectivity index (χ2v) is 10.6. The first-order valence-electron chi connectivity index (χ1n) is 12.8. The zero-order valence-corrected chi connectivity index (χ0v) is 22.6.